The van der Waals surface area contributed by atoms with Crippen molar-refractivity contribution < 1.29 is 24.2 Å². The minimum atomic E-state index is -0.791. The number of rotatable bonds is 9. The Bertz CT molecular complexity index is 510. The van der Waals surface area contributed by atoms with Crippen molar-refractivity contribution in [2.75, 3.05) is 13.6 Å². The van der Waals surface area contributed by atoms with Crippen LogP contribution in [0.2, 0.25) is 0 Å². The normalized spacial score (nSPS) is 16.6. The number of hydrogen-bond donors (Lipinski definition) is 2. The monoisotopic (exact) mass is 339 g/mol. The first-order valence-corrected chi connectivity index (χ1v) is 8.11. The van der Waals surface area contributed by atoms with Crippen molar-refractivity contribution in [1.82, 2.24) is 10.2 Å². The third-order valence-corrected chi connectivity index (χ3v) is 3.80. The highest BCUT2D eigenvalue weighted by atomic mass is 16.5. The van der Waals surface area contributed by atoms with Gasteiger partial charge < -0.3 is 15.6 Å². The SMILES string of the molecule is CC(C)[C@@H](NC(=O)CCCCCN1C(=O)C=CC1=O)C(=O)[NH+](C)[O-]. The van der Waals surface area contributed by atoms with Crippen molar-refractivity contribution >= 4 is 23.6 Å². The first kappa shape index (κ1) is 20.0. The molecule has 0 saturated heterocycles. The predicted molar refractivity (Wildman–Crippen MR) is 86.4 cm³/mol. The van der Waals surface area contributed by atoms with E-state index in [2.05, 4.69) is 5.32 Å². The largest absolute Gasteiger partial charge is 0.627 e. The molecule has 0 aliphatic carbocycles. The van der Waals surface area contributed by atoms with Crippen LogP contribution in [0.5, 0.6) is 0 Å². The van der Waals surface area contributed by atoms with E-state index in [0.717, 1.165) is 0 Å². The molecule has 1 aliphatic rings. The number of hydrogen-bond acceptors (Lipinski definition) is 5. The van der Waals surface area contributed by atoms with Gasteiger partial charge in [-0.05, 0) is 18.8 Å². The van der Waals surface area contributed by atoms with Gasteiger partial charge in [-0.3, -0.25) is 19.3 Å². The molecular formula is C16H25N3O5. The summed E-state index contributed by atoms with van der Waals surface area (Å²) in [5.41, 5.74) is 0. The summed E-state index contributed by atoms with van der Waals surface area (Å²) < 4.78 is 0. The minimum absolute atomic E-state index is 0.162. The zero-order valence-corrected chi connectivity index (χ0v) is 14.3. The number of likely N-dealkylation sites (N-methyl/N-ethyl adjacent to an activating group) is 1. The van der Waals surface area contributed by atoms with Crippen LogP contribution in [-0.2, 0) is 19.2 Å². The number of imide groups is 1. The molecule has 0 spiro atoms. The number of carbonyl (C=O) groups is 4. The second kappa shape index (κ2) is 9.29. The number of unbranched alkanes of at least 4 members (excludes halogenated alkanes) is 2. The molecule has 4 amide bonds. The van der Waals surface area contributed by atoms with Crippen molar-refractivity contribution in [3.8, 4) is 0 Å². The van der Waals surface area contributed by atoms with E-state index in [1.165, 1.54) is 24.1 Å². The summed E-state index contributed by atoms with van der Waals surface area (Å²) in [4.78, 5) is 47.5. The van der Waals surface area contributed by atoms with Crippen LogP contribution in [0.25, 0.3) is 0 Å². The van der Waals surface area contributed by atoms with Gasteiger partial charge in [-0.15, -0.1) is 0 Å². The van der Waals surface area contributed by atoms with Crippen LogP contribution in [0.15, 0.2) is 12.2 Å². The van der Waals surface area contributed by atoms with Gasteiger partial charge in [0.1, 0.15) is 6.04 Å². The molecule has 1 unspecified atom stereocenters. The molecule has 8 nitrogen and oxygen atoms in total. The van der Waals surface area contributed by atoms with Gasteiger partial charge in [0.05, 0.1) is 7.05 Å². The Balaban J connectivity index is 2.27. The van der Waals surface area contributed by atoms with E-state index in [-0.39, 0.29) is 30.1 Å². The smallest absolute Gasteiger partial charge is 0.334 e. The maximum absolute atomic E-state index is 11.9. The number of hydroxylamine groups is 2. The van der Waals surface area contributed by atoms with E-state index >= 15 is 0 Å². The van der Waals surface area contributed by atoms with Gasteiger partial charge in [0.25, 0.3) is 11.8 Å². The first-order valence-electron chi connectivity index (χ1n) is 8.11. The molecule has 0 fully saturated rings. The quantitative estimate of drug-likeness (QED) is 0.323. The van der Waals surface area contributed by atoms with E-state index in [1.807, 2.05) is 0 Å². The summed E-state index contributed by atoms with van der Waals surface area (Å²) >= 11 is 0. The second-order valence-corrected chi connectivity index (χ2v) is 6.18. The molecule has 0 radical (unpaired) electrons. The van der Waals surface area contributed by atoms with Crippen molar-refractivity contribution in [1.29, 1.82) is 0 Å². The number of quaternary nitrogens is 1. The molecular weight excluding hydrogens is 314 g/mol. The fourth-order valence-electron chi connectivity index (χ4n) is 2.38. The van der Waals surface area contributed by atoms with Gasteiger partial charge in [0, 0.05) is 25.1 Å². The van der Waals surface area contributed by atoms with E-state index in [9.17, 15) is 24.4 Å². The Labute approximate surface area is 141 Å². The molecule has 0 saturated carbocycles. The van der Waals surface area contributed by atoms with Crippen molar-refractivity contribution in [3.05, 3.63) is 17.4 Å². The van der Waals surface area contributed by atoms with Crippen LogP contribution in [-0.4, -0.2) is 48.2 Å². The third kappa shape index (κ3) is 5.86. The molecule has 0 bridgehead atoms. The first-order chi connectivity index (χ1) is 11.2. The molecule has 1 rings (SSSR count). The molecule has 2 N–H and O–H groups in total. The molecule has 2 atom stereocenters. The lowest BCUT2D eigenvalue weighted by molar-refractivity contribution is -0.741. The molecule has 1 aliphatic heterocycles. The van der Waals surface area contributed by atoms with Crippen LogP contribution in [0, 0.1) is 11.1 Å². The van der Waals surface area contributed by atoms with Gasteiger partial charge >= 0.3 is 5.91 Å². The van der Waals surface area contributed by atoms with E-state index in [1.54, 1.807) is 13.8 Å². The third-order valence-electron chi connectivity index (χ3n) is 3.80. The summed E-state index contributed by atoms with van der Waals surface area (Å²) in [6.07, 6.45) is 4.59. The number of carbonyl (C=O) groups excluding carboxylic acids is 4. The average molecular weight is 339 g/mol. The van der Waals surface area contributed by atoms with Crippen LogP contribution < -0.4 is 10.4 Å². The Morgan fingerprint density at radius 3 is 2.25 bits per heavy atom. The van der Waals surface area contributed by atoms with Crippen LogP contribution in [0.1, 0.15) is 39.5 Å². The standard InChI is InChI=1S/C16H25N3O5/c1-11(2)15(16(23)18(3)24)17-12(20)7-5-4-6-10-19-13(21)8-9-14(19)22/h8-9,11,15,18H,4-7,10H2,1-3H3,(H,17,20)/t15-/m1/s1. The van der Waals surface area contributed by atoms with E-state index in [0.29, 0.717) is 25.8 Å². The van der Waals surface area contributed by atoms with Gasteiger partial charge in [0.15, 0.2) is 0 Å². The van der Waals surface area contributed by atoms with Gasteiger partial charge in [-0.2, -0.15) is 0 Å². The van der Waals surface area contributed by atoms with Crippen LogP contribution in [0.4, 0.5) is 0 Å². The number of nitrogens with zero attached hydrogens (tertiary/aromatic N) is 1. The number of amides is 4. The minimum Gasteiger partial charge on any atom is -0.627 e. The zero-order valence-electron chi connectivity index (χ0n) is 14.3. The topological polar surface area (TPSA) is 111 Å². The van der Waals surface area contributed by atoms with Crippen molar-refractivity contribution in [3.63, 3.8) is 0 Å². The maximum atomic E-state index is 11.9. The van der Waals surface area contributed by atoms with Crippen LogP contribution in [0.3, 0.4) is 0 Å². The van der Waals surface area contributed by atoms with Gasteiger partial charge in [-0.25, -0.2) is 4.79 Å². The molecule has 0 aromatic carbocycles. The fraction of sp³-hybridized carbons (Fsp3) is 0.625. The fourth-order valence-corrected chi connectivity index (χ4v) is 2.38. The Hall–Kier alpha value is -2.06. The summed E-state index contributed by atoms with van der Waals surface area (Å²) in [5, 5.41) is 13.2. The molecule has 0 aromatic heterocycles. The average Bonchev–Trinajstić information content (AvgIpc) is 2.82. The van der Waals surface area contributed by atoms with Crippen molar-refractivity contribution in [2.45, 2.75) is 45.6 Å². The molecule has 0 aromatic rings. The summed E-state index contributed by atoms with van der Waals surface area (Å²) in [5.74, 6) is -1.64. The Morgan fingerprint density at radius 2 is 1.75 bits per heavy atom. The second-order valence-electron chi connectivity index (χ2n) is 6.18. The molecule has 8 heteroatoms. The maximum Gasteiger partial charge on any atom is 0.334 e. The predicted octanol–water partition coefficient (Wildman–Crippen LogP) is -0.848. The molecule has 24 heavy (non-hydrogen) atoms. The Morgan fingerprint density at radius 1 is 1.17 bits per heavy atom. The lowest BCUT2D eigenvalue weighted by Crippen LogP contribution is -3.09. The highest BCUT2D eigenvalue weighted by Crippen LogP contribution is 2.08. The van der Waals surface area contributed by atoms with Gasteiger partial charge in [0.2, 0.25) is 5.91 Å². The number of nitrogens with one attached hydrogen (secondary N) is 2. The summed E-state index contributed by atoms with van der Waals surface area (Å²) in [7, 11) is 1.19. The summed E-state index contributed by atoms with van der Waals surface area (Å²) in [6, 6.07) is -0.791. The molecule has 134 valence electrons. The van der Waals surface area contributed by atoms with Crippen LogP contribution >= 0.6 is 0 Å². The Kier molecular flexibility index (Phi) is 7.73. The highest BCUT2D eigenvalue weighted by molar-refractivity contribution is 6.12. The van der Waals surface area contributed by atoms with Crippen molar-refractivity contribution in [2.24, 2.45) is 5.92 Å². The lowest BCUT2D eigenvalue weighted by atomic mass is 10.0. The highest BCUT2D eigenvalue weighted by Gasteiger charge is 2.28. The molecule has 1 heterocycles. The zero-order chi connectivity index (χ0) is 18.3. The summed E-state index contributed by atoms with van der Waals surface area (Å²) in [6.45, 7) is 3.87. The van der Waals surface area contributed by atoms with Gasteiger partial charge in [-0.1, -0.05) is 20.3 Å². The lowest BCUT2D eigenvalue weighted by Gasteiger charge is -2.24. The van der Waals surface area contributed by atoms with E-state index < -0.39 is 17.0 Å². The van der Waals surface area contributed by atoms with E-state index in [4.69, 9.17) is 0 Å².